The Morgan fingerprint density at radius 3 is 0.963 bits per heavy atom. The number of esters is 3. The maximum atomic E-state index is 10.6. The van der Waals surface area contributed by atoms with Crippen LogP contribution >= 0.6 is 0 Å². The van der Waals surface area contributed by atoms with E-state index in [1.165, 1.54) is 20.8 Å². The van der Waals surface area contributed by atoms with E-state index in [0.717, 1.165) is 20.8 Å². The predicted molar refractivity (Wildman–Crippen MR) is 88.7 cm³/mol. The van der Waals surface area contributed by atoms with Crippen LogP contribution in [0.25, 0.3) is 0 Å². The number of hydrogen-bond acceptors (Lipinski definition) is 9. The number of aliphatic carboxylic acids is 3. The lowest BCUT2D eigenvalue weighted by atomic mass is 10.4. The maximum Gasteiger partial charge on any atom is 0.303 e. The van der Waals surface area contributed by atoms with Gasteiger partial charge < -0.3 is 29.5 Å². The summed E-state index contributed by atoms with van der Waals surface area (Å²) in [6, 6.07) is 0. The zero-order chi connectivity index (χ0) is 22.6. The molecule has 0 unspecified atom stereocenters. The largest absolute Gasteiger partial charge is 0.481 e. The molecule has 0 aliphatic rings. The summed E-state index contributed by atoms with van der Waals surface area (Å²) in [5.74, 6) is -4.01. The van der Waals surface area contributed by atoms with Gasteiger partial charge in [0.25, 0.3) is 17.9 Å². The zero-order valence-corrected chi connectivity index (χ0v) is 16.0. The lowest BCUT2D eigenvalue weighted by Gasteiger charge is -2.15. The molecule has 0 aromatic heterocycles. The molecular formula is C15H26O12. The average molecular weight is 398 g/mol. The maximum absolute atomic E-state index is 10.6. The summed E-state index contributed by atoms with van der Waals surface area (Å²) in [5.41, 5.74) is 0. The SMILES string of the molecule is CC(=O)O.CC(=O)O.CC(=O)O.CC(=O)OCC(COC(C)=O)OC(C)=O. The van der Waals surface area contributed by atoms with Crippen LogP contribution in [-0.2, 0) is 43.0 Å². The van der Waals surface area contributed by atoms with Gasteiger partial charge in [0.05, 0.1) is 0 Å². The van der Waals surface area contributed by atoms with E-state index in [1.807, 2.05) is 0 Å². The molecular weight excluding hydrogens is 372 g/mol. The highest BCUT2D eigenvalue weighted by Gasteiger charge is 2.15. The van der Waals surface area contributed by atoms with Crippen molar-refractivity contribution >= 4 is 35.8 Å². The molecule has 0 aromatic carbocycles. The fraction of sp³-hybridized carbons (Fsp3) is 0.600. The van der Waals surface area contributed by atoms with Crippen LogP contribution in [0, 0.1) is 0 Å². The Labute approximate surface area is 156 Å². The van der Waals surface area contributed by atoms with Crippen molar-refractivity contribution in [2.75, 3.05) is 13.2 Å². The lowest BCUT2D eigenvalue weighted by Crippen LogP contribution is -2.29. The fourth-order valence-electron chi connectivity index (χ4n) is 0.771. The summed E-state index contributed by atoms with van der Waals surface area (Å²) >= 11 is 0. The highest BCUT2D eigenvalue weighted by atomic mass is 16.6. The molecule has 0 saturated carbocycles. The van der Waals surface area contributed by atoms with Crippen LogP contribution in [0.2, 0.25) is 0 Å². The third kappa shape index (κ3) is 84.5. The van der Waals surface area contributed by atoms with Crippen LogP contribution in [0.4, 0.5) is 0 Å². The zero-order valence-electron chi connectivity index (χ0n) is 16.0. The Hall–Kier alpha value is -3.18. The molecule has 0 rings (SSSR count). The Morgan fingerprint density at radius 2 is 0.815 bits per heavy atom. The van der Waals surface area contributed by atoms with Crippen molar-refractivity contribution in [2.45, 2.75) is 47.6 Å². The van der Waals surface area contributed by atoms with Gasteiger partial charge in [-0.15, -0.1) is 0 Å². The molecule has 0 atom stereocenters. The quantitative estimate of drug-likeness (QED) is 0.425. The van der Waals surface area contributed by atoms with E-state index in [-0.39, 0.29) is 13.2 Å². The van der Waals surface area contributed by atoms with Crippen molar-refractivity contribution in [2.24, 2.45) is 0 Å². The topological polar surface area (TPSA) is 191 Å². The first-order valence-electron chi connectivity index (χ1n) is 7.14. The molecule has 0 saturated heterocycles. The Morgan fingerprint density at radius 1 is 0.593 bits per heavy atom. The average Bonchev–Trinajstić information content (AvgIpc) is 2.39. The van der Waals surface area contributed by atoms with E-state index in [9.17, 15) is 14.4 Å². The monoisotopic (exact) mass is 398 g/mol. The van der Waals surface area contributed by atoms with Crippen LogP contribution in [0.1, 0.15) is 41.5 Å². The van der Waals surface area contributed by atoms with Crippen LogP contribution in [0.5, 0.6) is 0 Å². The van der Waals surface area contributed by atoms with Crippen molar-refractivity contribution in [1.82, 2.24) is 0 Å². The van der Waals surface area contributed by atoms with Crippen molar-refractivity contribution in [3.8, 4) is 0 Å². The van der Waals surface area contributed by atoms with Gasteiger partial charge in [0.15, 0.2) is 6.10 Å². The normalized spacial score (nSPS) is 8.11. The fourth-order valence-corrected chi connectivity index (χ4v) is 0.771. The highest BCUT2D eigenvalue weighted by molar-refractivity contribution is 5.67. The van der Waals surface area contributed by atoms with Crippen LogP contribution in [0.3, 0.4) is 0 Å². The van der Waals surface area contributed by atoms with Crippen molar-refractivity contribution in [3.05, 3.63) is 0 Å². The van der Waals surface area contributed by atoms with E-state index < -0.39 is 41.9 Å². The molecule has 0 aromatic rings. The second-order valence-corrected chi connectivity index (χ2v) is 4.39. The Kier molecular flexibility index (Phi) is 24.4. The first-order valence-corrected chi connectivity index (χ1v) is 7.14. The third-order valence-corrected chi connectivity index (χ3v) is 1.28. The minimum atomic E-state index is -0.833. The molecule has 0 radical (unpaired) electrons. The second-order valence-electron chi connectivity index (χ2n) is 4.39. The molecule has 0 aliphatic carbocycles. The molecule has 12 heteroatoms. The summed E-state index contributed by atoms with van der Waals surface area (Å²) in [6.45, 7) is 6.69. The van der Waals surface area contributed by atoms with E-state index in [2.05, 4.69) is 9.47 Å². The number of carbonyl (C=O) groups excluding carboxylic acids is 3. The Balaban J connectivity index is -0.000000179. The van der Waals surface area contributed by atoms with Crippen LogP contribution in [0.15, 0.2) is 0 Å². The van der Waals surface area contributed by atoms with Gasteiger partial charge >= 0.3 is 17.9 Å². The first kappa shape index (κ1) is 31.6. The molecule has 0 fully saturated rings. The number of carboxylic acid groups (broad SMARTS) is 3. The van der Waals surface area contributed by atoms with E-state index in [1.54, 1.807) is 0 Å². The molecule has 3 N–H and O–H groups in total. The van der Waals surface area contributed by atoms with Crippen molar-refractivity contribution < 1.29 is 58.3 Å². The molecule has 0 heterocycles. The molecule has 0 amide bonds. The third-order valence-electron chi connectivity index (χ3n) is 1.28. The van der Waals surface area contributed by atoms with Crippen molar-refractivity contribution in [1.29, 1.82) is 0 Å². The molecule has 12 nitrogen and oxygen atoms in total. The van der Waals surface area contributed by atoms with Gasteiger partial charge in [-0.05, 0) is 0 Å². The summed E-state index contributed by atoms with van der Waals surface area (Å²) in [4.78, 5) is 58.6. The summed E-state index contributed by atoms with van der Waals surface area (Å²) in [7, 11) is 0. The van der Waals surface area contributed by atoms with Gasteiger partial charge in [0.1, 0.15) is 13.2 Å². The van der Waals surface area contributed by atoms with E-state index in [0.29, 0.717) is 0 Å². The standard InChI is InChI=1S/C9H14O6.3C2H4O2/c1-6(10)13-4-9(15-8(3)12)5-14-7(2)11;3*1-2(3)4/h9H,4-5H2,1-3H3;3*1H3,(H,3,4). The first-order chi connectivity index (χ1) is 12.1. The summed E-state index contributed by atoms with van der Waals surface area (Å²) in [6.07, 6.45) is -0.754. The van der Waals surface area contributed by atoms with Crippen molar-refractivity contribution in [3.63, 3.8) is 0 Å². The number of carbonyl (C=O) groups is 6. The molecule has 0 spiro atoms. The van der Waals surface area contributed by atoms with Gasteiger partial charge in [-0.1, -0.05) is 0 Å². The molecule has 27 heavy (non-hydrogen) atoms. The second kappa shape index (κ2) is 20.9. The number of rotatable bonds is 5. The van der Waals surface area contributed by atoms with Gasteiger partial charge in [-0.25, -0.2) is 0 Å². The molecule has 0 aliphatic heterocycles. The lowest BCUT2D eigenvalue weighted by molar-refractivity contribution is -0.163. The molecule has 158 valence electrons. The van der Waals surface area contributed by atoms with Gasteiger partial charge in [-0.2, -0.15) is 0 Å². The minimum Gasteiger partial charge on any atom is -0.481 e. The van der Waals surface area contributed by atoms with E-state index >= 15 is 0 Å². The molecule has 0 bridgehead atoms. The van der Waals surface area contributed by atoms with Gasteiger partial charge in [0.2, 0.25) is 0 Å². The number of hydrogen-bond donors (Lipinski definition) is 3. The number of ether oxygens (including phenoxy) is 3. The summed E-state index contributed by atoms with van der Waals surface area (Å²) < 4.78 is 14.0. The van der Waals surface area contributed by atoms with Gasteiger partial charge in [0, 0.05) is 41.5 Å². The highest BCUT2D eigenvalue weighted by Crippen LogP contribution is 1.97. The minimum absolute atomic E-state index is 0.123. The van der Waals surface area contributed by atoms with Gasteiger partial charge in [-0.3, -0.25) is 28.8 Å². The Bertz CT molecular complexity index is 425. The smallest absolute Gasteiger partial charge is 0.303 e. The number of carboxylic acids is 3. The summed E-state index contributed by atoms with van der Waals surface area (Å²) in [5, 5.41) is 22.2. The van der Waals surface area contributed by atoms with Crippen LogP contribution < -0.4 is 0 Å². The van der Waals surface area contributed by atoms with E-state index in [4.69, 9.17) is 34.4 Å². The predicted octanol–water partition coefficient (Wildman–Crippen LogP) is 0.317. The van der Waals surface area contributed by atoms with Crippen LogP contribution in [-0.4, -0.2) is 70.5 Å².